The first-order valence-electron chi connectivity index (χ1n) is 8.16. The minimum absolute atomic E-state index is 0.279. The fourth-order valence-electron chi connectivity index (χ4n) is 2.30. The average molecular weight is 393 g/mol. The van der Waals surface area contributed by atoms with E-state index in [1.165, 1.54) is 0 Å². The van der Waals surface area contributed by atoms with Gasteiger partial charge in [0.25, 0.3) is 0 Å². The van der Waals surface area contributed by atoms with Crippen LogP contribution in [-0.4, -0.2) is 34.6 Å². The van der Waals surface area contributed by atoms with Gasteiger partial charge in [0, 0.05) is 5.57 Å². The molecule has 0 bridgehead atoms. The molecule has 0 spiro atoms. The highest BCUT2D eigenvalue weighted by Crippen LogP contribution is 2.19. The van der Waals surface area contributed by atoms with Crippen LogP contribution in [0.15, 0.2) is 22.5 Å². The van der Waals surface area contributed by atoms with E-state index in [9.17, 15) is 0 Å². The second-order valence-corrected chi connectivity index (χ2v) is 8.35. The number of aryl methyl sites for hydroxylation is 4. The predicted molar refractivity (Wildman–Crippen MR) is 109 cm³/mol. The van der Waals surface area contributed by atoms with Gasteiger partial charge in [-0.15, -0.1) is 22.7 Å². The molecule has 0 N–H and O–H groups in total. The van der Waals surface area contributed by atoms with Crippen LogP contribution in [0.1, 0.15) is 45.0 Å². The number of rotatable bonds is 8. The van der Waals surface area contributed by atoms with Gasteiger partial charge in [0.15, 0.2) is 0 Å². The lowest BCUT2D eigenvalue weighted by Gasteiger charge is -2.05. The number of thiazole rings is 2. The molecule has 0 aromatic carbocycles. The zero-order chi connectivity index (χ0) is 19.3. The first-order chi connectivity index (χ1) is 12.3. The molecule has 26 heavy (non-hydrogen) atoms. The smallest absolute Gasteiger partial charge is 0.141 e. The molecule has 0 saturated heterocycles. The standard InChI is InChI=1S/C18H24N4O2S2/c1-10(8-23-21-13(4)17-11(2)19-15(6)25-17)9-24-22-14(5)18-12(3)20-16(7)26-18/h1,8-9H2,2-7H3/b21-13+,22-14+. The van der Waals surface area contributed by atoms with Crippen molar-refractivity contribution in [3.8, 4) is 0 Å². The van der Waals surface area contributed by atoms with Gasteiger partial charge in [0.05, 0.1) is 42.6 Å². The first-order valence-corrected chi connectivity index (χ1v) is 9.79. The second-order valence-electron chi connectivity index (χ2n) is 5.95. The van der Waals surface area contributed by atoms with Crippen molar-refractivity contribution in [3.05, 3.63) is 43.3 Å². The van der Waals surface area contributed by atoms with Crippen LogP contribution >= 0.6 is 22.7 Å². The molecule has 2 aromatic heterocycles. The Labute approximate surface area is 162 Å². The van der Waals surface area contributed by atoms with Crippen molar-refractivity contribution in [1.29, 1.82) is 0 Å². The maximum absolute atomic E-state index is 5.37. The van der Waals surface area contributed by atoms with Gasteiger partial charge in [0.2, 0.25) is 0 Å². The maximum atomic E-state index is 5.37. The normalized spacial score (nSPS) is 12.4. The van der Waals surface area contributed by atoms with Crippen LogP contribution in [0.4, 0.5) is 0 Å². The molecule has 2 rings (SSSR count). The van der Waals surface area contributed by atoms with Crippen LogP contribution in [0.25, 0.3) is 0 Å². The van der Waals surface area contributed by atoms with Gasteiger partial charge in [-0.3, -0.25) is 0 Å². The van der Waals surface area contributed by atoms with E-state index in [0.717, 1.165) is 48.2 Å². The summed E-state index contributed by atoms with van der Waals surface area (Å²) < 4.78 is 0. The molecule has 0 saturated carbocycles. The molecule has 0 atom stereocenters. The molecule has 0 amide bonds. The monoisotopic (exact) mass is 392 g/mol. The van der Waals surface area contributed by atoms with Gasteiger partial charge in [-0.2, -0.15) is 0 Å². The van der Waals surface area contributed by atoms with E-state index in [1.54, 1.807) is 22.7 Å². The molecule has 2 heterocycles. The van der Waals surface area contributed by atoms with Gasteiger partial charge < -0.3 is 9.68 Å². The second kappa shape index (κ2) is 9.05. The lowest BCUT2D eigenvalue weighted by molar-refractivity contribution is 0.128. The van der Waals surface area contributed by atoms with E-state index in [-0.39, 0.29) is 13.2 Å². The zero-order valence-electron chi connectivity index (χ0n) is 16.0. The lowest BCUT2D eigenvalue weighted by Crippen LogP contribution is -2.03. The Morgan fingerprint density at radius 2 is 1.23 bits per heavy atom. The fourth-order valence-corrected chi connectivity index (χ4v) is 4.01. The minimum atomic E-state index is 0.279. The van der Waals surface area contributed by atoms with E-state index in [0.29, 0.717) is 0 Å². The Kier molecular flexibility index (Phi) is 7.05. The van der Waals surface area contributed by atoms with Crippen LogP contribution in [0.5, 0.6) is 0 Å². The van der Waals surface area contributed by atoms with E-state index in [1.807, 2.05) is 41.5 Å². The number of nitrogens with zero attached hydrogens (tertiary/aromatic N) is 4. The zero-order valence-corrected chi connectivity index (χ0v) is 17.7. The summed E-state index contributed by atoms with van der Waals surface area (Å²) in [5.41, 5.74) is 4.32. The molecule has 6 nitrogen and oxygen atoms in total. The highest BCUT2D eigenvalue weighted by atomic mass is 32.1. The quantitative estimate of drug-likeness (QED) is 0.375. The van der Waals surface area contributed by atoms with Gasteiger partial charge in [-0.05, 0) is 41.5 Å². The number of oxime groups is 2. The molecule has 8 heteroatoms. The molecular weight excluding hydrogens is 368 g/mol. The van der Waals surface area contributed by atoms with E-state index in [2.05, 4.69) is 26.9 Å². The highest BCUT2D eigenvalue weighted by molar-refractivity contribution is 7.14. The molecule has 0 fully saturated rings. The Morgan fingerprint density at radius 1 is 0.846 bits per heavy atom. The number of hydrogen-bond donors (Lipinski definition) is 0. The largest absolute Gasteiger partial charge is 0.391 e. The summed E-state index contributed by atoms with van der Waals surface area (Å²) in [4.78, 5) is 21.6. The summed E-state index contributed by atoms with van der Waals surface area (Å²) >= 11 is 3.22. The SMILES string of the molecule is C=C(CO/N=C(\C)c1sc(C)nc1C)CO/N=C(\C)c1sc(C)nc1C. The Balaban J connectivity index is 1.80. The van der Waals surface area contributed by atoms with Crippen molar-refractivity contribution in [2.75, 3.05) is 13.2 Å². The summed E-state index contributed by atoms with van der Waals surface area (Å²) in [6.45, 7) is 16.2. The van der Waals surface area contributed by atoms with Gasteiger partial charge in [-0.25, -0.2) is 9.97 Å². The fraction of sp³-hybridized carbons (Fsp3) is 0.444. The van der Waals surface area contributed by atoms with Crippen molar-refractivity contribution in [1.82, 2.24) is 9.97 Å². The molecule has 0 unspecified atom stereocenters. The molecule has 0 radical (unpaired) electrons. The number of hydrogen-bond acceptors (Lipinski definition) is 8. The van der Waals surface area contributed by atoms with E-state index >= 15 is 0 Å². The molecule has 0 aliphatic rings. The summed E-state index contributed by atoms with van der Waals surface area (Å²) in [5, 5.41) is 10.3. The summed E-state index contributed by atoms with van der Waals surface area (Å²) in [5.74, 6) is 0. The van der Waals surface area contributed by atoms with Crippen molar-refractivity contribution >= 4 is 34.1 Å². The van der Waals surface area contributed by atoms with Crippen molar-refractivity contribution < 1.29 is 9.68 Å². The van der Waals surface area contributed by atoms with Crippen molar-refractivity contribution in [2.45, 2.75) is 41.5 Å². The maximum Gasteiger partial charge on any atom is 0.141 e. The number of aromatic nitrogens is 2. The summed E-state index contributed by atoms with van der Waals surface area (Å²) in [6.07, 6.45) is 0. The van der Waals surface area contributed by atoms with Gasteiger partial charge >= 0.3 is 0 Å². The highest BCUT2D eigenvalue weighted by Gasteiger charge is 2.09. The van der Waals surface area contributed by atoms with Crippen LogP contribution < -0.4 is 0 Å². The van der Waals surface area contributed by atoms with Crippen LogP contribution in [-0.2, 0) is 9.68 Å². The Morgan fingerprint density at radius 3 is 1.54 bits per heavy atom. The summed E-state index contributed by atoms with van der Waals surface area (Å²) in [7, 11) is 0. The van der Waals surface area contributed by atoms with Gasteiger partial charge in [-0.1, -0.05) is 16.9 Å². The summed E-state index contributed by atoms with van der Waals surface area (Å²) in [6, 6.07) is 0. The van der Waals surface area contributed by atoms with Crippen molar-refractivity contribution in [2.24, 2.45) is 10.3 Å². The van der Waals surface area contributed by atoms with E-state index < -0.39 is 0 Å². The predicted octanol–water partition coefficient (Wildman–Crippen LogP) is 4.57. The topological polar surface area (TPSA) is 69.0 Å². The molecular formula is C18H24N4O2S2. The van der Waals surface area contributed by atoms with Gasteiger partial charge in [0.1, 0.15) is 13.2 Å². The Hall–Kier alpha value is -2.06. The van der Waals surface area contributed by atoms with Crippen LogP contribution in [0.3, 0.4) is 0 Å². The molecule has 0 aliphatic carbocycles. The van der Waals surface area contributed by atoms with Crippen molar-refractivity contribution in [3.63, 3.8) is 0 Å². The lowest BCUT2D eigenvalue weighted by atomic mass is 10.3. The van der Waals surface area contributed by atoms with Crippen LogP contribution in [0, 0.1) is 27.7 Å². The Bertz CT molecular complexity index is 781. The third-order valence-electron chi connectivity index (χ3n) is 3.40. The molecule has 140 valence electrons. The minimum Gasteiger partial charge on any atom is -0.391 e. The van der Waals surface area contributed by atoms with Crippen LogP contribution in [0.2, 0.25) is 0 Å². The molecule has 2 aromatic rings. The third-order valence-corrected chi connectivity index (χ3v) is 5.77. The average Bonchev–Trinajstić information content (AvgIpc) is 3.07. The molecule has 0 aliphatic heterocycles. The van der Waals surface area contributed by atoms with E-state index in [4.69, 9.17) is 9.68 Å². The third kappa shape index (κ3) is 5.47. The first kappa shape index (κ1) is 20.3.